The van der Waals surface area contributed by atoms with Crippen LogP contribution in [0.15, 0.2) is 23.7 Å². The smallest absolute Gasteiger partial charge is 0.251 e. The van der Waals surface area contributed by atoms with Crippen molar-refractivity contribution in [1.29, 1.82) is 0 Å². The Balaban J connectivity index is 2.22. The molecule has 0 aliphatic heterocycles. The molecule has 0 aliphatic rings. The molecular weight excluding hydrogens is 224 g/mol. The van der Waals surface area contributed by atoms with E-state index in [1.807, 2.05) is 12.1 Å². The van der Waals surface area contributed by atoms with Crippen molar-refractivity contribution in [3.63, 3.8) is 0 Å². The Morgan fingerprint density at radius 1 is 1.62 bits per heavy atom. The number of carbonyl (C=O) groups excluding carboxylic acids is 1. The number of benzene rings is 1. The Bertz CT molecular complexity index is 509. The van der Waals surface area contributed by atoms with Crippen LogP contribution in [0.1, 0.15) is 17.3 Å². The number of amides is 1. The standard InChI is InChI=1S/C11H12N2O2S/c1-7(5-14)13-11(15)8-2-3-9-10(4-8)16-6-12-9/h2-4,6-7,14H,5H2,1H3,(H,13,15)/t7-/m1/s1. The van der Waals surface area contributed by atoms with Gasteiger partial charge in [-0.2, -0.15) is 0 Å². The first kappa shape index (κ1) is 11.0. The number of aromatic nitrogens is 1. The van der Waals surface area contributed by atoms with Crippen LogP contribution in [0.25, 0.3) is 10.2 Å². The highest BCUT2D eigenvalue weighted by molar-refractivity contribution is 7.16. The molecule has 1 aromatic carbocycles. The molecule has 1 heterocycles. The summed E-state index contributed by atoms with van der Waals surface area (Å²) < 4.78 is 0.990. The van der Waals surface area contributed by atoms with E-state index < -0.39 is 0 Å². The van der Waals surface area contributed by atoms with Crippen LogP contribution < -0.4 is 5.32 Å². The second-order valence-electron chi connectivity index (χ2n) is 3.59. The molecule has 84 valence electrons. The maximum atomic E-state index is 11.7. The second kappa shape index (κ2) is 4.59. The zero-order valence-corrected chi connectivity index (χ0v) is 9.62. The second-order valence-corrected chi connectivity index (χ2v) is 4.48. The Morgan fingerprint density at radius 3 is 3.19 bits per heavy atom. The van der Waals surface area contributed by atoms with Crippen LogP contribution in [-0.2, 0) is 0 Å². The van der Waals surface area contributed by atoms with Gasteiger partial charge >= 0.3 is 0 Å². The van der Waals surface area contributed by atoms with Gasteiger partial charge in [-0.3, -0.25) is 4.79 Å². The van der Waals surface area contributed by atoms with Crippen molar-refractivity contribution in [3.05, 3.63) is 29.3 Å². The molecule has 2 rings (SSSR count). The van der Waals surface area contributed by atoms with E-state index >= 15 is 0 Å². The fourth-order valence-electron chi connectivity index (χ4n) is 1.35. The summed E-state index contributed by atoms with van der Waals surface area (Å²) in [7, 11) is 0. The lowest BCUT2D eigenvalue weighted by atomic mass is 10.2. The molecule has 0 unspecified atom stereocenters. The SMILES string of the molecule is C[C@H](CO)NC(=O)c1ccc2ncsc2c1. The number of nitrogens with one attached hydrogen (secondary N) is 1. The van der Waals surface area contributed by atoms with Gasteiger partial charge in [-0.15, -0.1) is 11.3 Å². The molecule has 4 nitrogen and oxygen atoms in total. The molecule has 0 bridgehead atoms. The van der Waals surface area contributed by atoms with Crippen molar-refractivity contribution in [2.24, 2.45) is 0 Å². The largest absolute Gasteiger partial charge is 0.394 e. The molecule has 2 aromatic rings. The summed E-state index contributed by atoms with van der Waals surface area (Å²) in [6.45, 7) is 1.69. The van der Waals surface area contributed by atoms with E-state index in [2.05, 4.69) is 10.3 Å². The zero-order valence-electron chi connectivity index (χ0n) is 8.80. The van der Waals surface area contributed by atoms with Gasteiger partial charge < -0.3 is 10.4 Å². The van der Waals surface area contributed by atoms with Crippen LogP contribution in [0.4, 0.5) is 0 Å². The van der Waals surface area contributed by atoms with E-state index in [1.54, 1.807) is 18.5 Å². The molecular formula is C11H12N2O2S. The number of thiazole rings is 1. The number of aliphatic hydroxyl groups excluding tert-OH is 1. The zero-order chi connectivity index (χ0) is 11.5. The molecule has 16 heavy (non-hydrogen) atoms. The molecule has 5 heteroatoms. The van der Waals surface area contributed by atoms with Gasteiger partial charge in [-0.1, -0.05) is 0 Å². The predicted octanol–water partition coefficient (Wildman–Crippen LogP) is 1.41. The van der Waals surface area contributed by atoms with E-state index in [0.29, 0.717) is 5.56 Å². The molecule has 1 amide bonds. The first-order valence-corrected chi connectivity index (χ1v) is 5.83. The Kier molecular flexibility index (Phi) is 3.17. The summed E-state index contributed by atoms with van der Waals surface area (Å²) in [6, 6.07) is 5.14. The Morgan fingerprint density at radius 2 is 2.44 bits per heavy atom. The molecule has 1 aromatic heterocycles. The maximum absolute atomic E-state index is 11.7. The third-order valence-corrected chi connectivity index (χ3v) is 3.04. The quantitative estimate of drug-likeness (QED) is 0.847. The number of nitrogens with zero attached hydrogens (tertiary/aromatic N) is 1. The molecule has 0 saturated carbocycles. The molecule has 0 radical (unpaired) electrons. The first-order valence-electron chi connectivity index (χ1n) is 4.95. The molecule has 0 saturated heterocycles. The fraction of sp³-hybridized carbons (Fsp3) is 0.273. The number of fused-ring (bicyclic) bond motifs is 1. The van der Waals surface area contributed by atoms with Gasteiger partial charge in [0.05, 0.1) is 22.3 Å². The number of hydrogen-bond donors (Lipinski definition) is 2. The highest BCUT2D eigenvalue weighted by Crippen LogP contribution is 2.18. The van der Waals surface area contributed by atoms with E-state index in [-0.39, 0.29) is 18.6 Å². The third kappa shape index (κ3) is 2.20. The van der Waals surface area contributed by atoms with Crippen molar-refractivity contribution in [1.82, 2.24) is 10.3 Å². The Labute approximate surface area is 96.9 Å². The van der Waals surface area contributed by atoms with E-state index in [4.69, 9.17) is 5.11 Å². The van der Waals surface area contributed by atoms with Crippen molar-refractivity contribution in [2.75, 3.05) is 6.61 Å². The lowest BCUT2D eigenvalue weighted by Gasteiger charge is -2.10. The van der Waals surface area contributed by atoms with Gasteiger partial charge in [0.1, 0.15) is 0 Å². The summed E-state index contributed by atoms with van der Waals surface area (Å²) in [5.74, 6) is -0.170. The summed E-state index contributed by atoms with van der Waals surface area (Å²) in [6.07, 6.45) is 0. The van der Waals surface area contributed by atoms with E-state index in [9.17, 15) is 4.79 Å². The molecule has 2 N–H and O–H groups in total. The minimum atomic E-state index is -0.232. The summed E-state index contributed by atoms with van der Waals surface area (Å²) in [4.78, 5) is 15.9. The van der Waals surface area contributed by atoms with Gasteiger partial charge in [-0.05, 0) is 25.1 Å². The number of rotatable bonds is 3. The molecule has 1 atom stereocenters. The summed E-state index contributed by atoms with van der Waals surface area (Å²) >= 11 is 1.50. The van der Waals surface area contributed by atoms with Crippen LogP contribution in [0.2, 0.25) is 0 Å². The maximum Gasteiger partial charge on any atom is 0.251 e. The average molecular weight is 236 g/mol. The van der Waals surface area contributed by atoms with Crippen molar-refractivity contribution < 1.29 is 9.90 Å². The molecule has 0 aliphatic carbocycles. The number of hydrogen-bond acceptors (Lipinski definition) is 4. The fourth-order valence-corrected chi connectivity index (χ4v) is 2.07. The van der Waals surface area contributed by atoms with Crippen molar-refractivity contribution in [2.45, 2.75) is 13.0 Å². The number of aliphatic hydroxyl groups is 1. The van der Waals surface area contributed by atoms with Crippen molar-refractivity contribution in [3.8, 4) is 0 Å². The summed E-state index contributed by atoms with van der Waals surface area (Å²) in [5.41, 5.74) is 3.25. The average Bonchev–Trinajstić information content (AvgIpc) is 2.75. The van der Waals surface area contributed by atoms with Gasteiger partial charge in [0, 0.05) is 11.6 Å². The lowest BCUT2D eigenvalue weighted by Crippen LogP contribution is -2.34. The van der Waals surface area contributed by atoms with Gasteiger partial charge in [-0.25, -0.2) is 4.98 Å². The van der Waals surface area contributed by atoms with Crippen LogP contribution in [0, 0.1) is 0 Å². The lowest BCUT2D eigenvalue weighted by molar-refractivity contribution is 0.0922. The molecule has 0 spiro atoms. The van der Waals surface area contributed by atoms with E-state index in [1.165, 1.54) is 11.3 Å². The topological polar surface area (TPSA) is 62.2 Å². The van der Waals surface area contributed by atoms with Gasteiger partial charge in [0.15, 0.2) is 0 Å². The highest BCUT2D eigenvalue weighted by Gasteiger charge is 2.09. The van der Waals surface area contributed by atoms with Gasteiger partial charge in [0.2, 0.25) is 0 Å². The van der Waals surface area contributed by atoms with E-state index in [0.717, 1.165) is 10.2 Å². The van der Waals surface area contributed by atoms with Gasteiger partial charge in [0.25, 0.3) is 5.91 Å². The van der Waals surface area contributed by atoms with Crippen LogP contribution in [0.3, 0.4) is 0 Å². The normalized spacial score (nSPS) is 12.6. The molecule has 0 fully saturated rings. The first-order chi connectivity index (χ1) is 7.70. The Hall–Kier alpha value is -1.46. The van der Waals surface area contributed by atoms with Crippen molar-refractivity contribution >= 4 is 27.5 Å². The highest BCUT2D eigenvalue weighted by atomic mass is 32.1. The van der Waals surface area contributed by atoms with Crippen LogP contribution in [0.5, 0.6) is 0 Å². The monoisotopic (exact) mass is 236 g/mol. The minimum Gasteiger partial charge on any atom is -0.394 e. The number of carbonyl (C=O) groups is 1. The van der Waals surface area contributed by atoms with Crippen LogP contribution in [-0.4, -0.2) is 28.6 Å². The minimum absolute atomic E-state index is 0.0610. The summed E-state index contributed by atoms with van der Waals surface area (Å²) in [5, 5.41) is 11.5. The predicted molar refractivity (Wildman–Crippen MR) is 63.6 cm³/mol. The van der Waals surface area contributed by atoms with Crippen LogP contribution >= 0.6 is 11.3 Å². The third-order valence-electron chi connectivity index (χ3n) is 2.24.